The van der Waals surface area contributed by atoms with Gasteiger partial charge in [0, 0.05) is 6.07 Å². The zero-order chi connectivity index (χ0) is 6.69. The lowest BCUT2D eigenvalue weighted by atomic mass is 10.4. The SMILES string of the molecule is C=Cc1cc(N)nnn1. The molecule has 2 N–H and O–H groups in total. The zero-order valence-corrected chi connectivity index (χ0v) is 4.78. The number of aromatic nitrogens is 3. The molecular weight excluding hydrogens is 116 g/mol. The maximum absolute atomic E-state index is 5.27. The van der Waals surface area contributed by atoms with E-state index >= 15 is 0 Å². The summed E-state index contributed by atoms with van der Waals surface area (Å²) in [7, 11) is 0. The maximum atomic E-state index is 5.27. The number of rotatable bonds is 1. The molecule has 0 aromatic carbocycles. The molecule has 1 aromatic rings. The first-order chi connectivity index (χ1) is 4.33. The van der Waals surface area contributed by atoms with E-state index in [1.165, 1.54) is 0 Å². The van der Waals surface area contributed by atoms with E-state index in [0.717, 1.165) is 0 Å². The molecule has 0 radical (unpaired) electrons. The molecule has 1 aromatic heterocycles. The summed E-state index contributed by atoms with van der Waals surface area (Å²) in [6, 6.07) is 1.60. The van der Waals surface area contributed by atoms with Gasteiger partial charge in [-0.05, 0) is 11.3 Å². The molecule has 0 spiro atoms. The summed E-state index contributed by atoms with van der Waals surface area (Å²) in [4.78, 5) is 0. The van der Waals surface area contributed by atoms with Crippen LogP contribution >= 0.6 is 0 Å². The highest BCUT2D eigenvalue weighted by molar-refractivity contribution is 5.44. The Balaban J connectivity index is 3.07. The van der Waals surface area contributed by atoms with Crippen molar-refractivity contribution in [3.63, 3.8) is 0 Å². The Kier molecular flexibility index (Phi) is 1.40. The Morgan fingerprint density at radius 3 is 2.78 bits per heavy atom. The molecule has 0 aliphatic heterocycles. The van der Waals surface area contributed by atoms with Crippen LogP contribution in [0.5, 0.6) is 0 Å². The number of hydrogen-bond acceptors (Lipinski definition) is 4. The van der Waals surface area contributed by atoms with Crippen molar-refractivity contribution in [1.29, 1.82) is 0 Å². The van der Waals surface area contributed by atoms with Crippen molar-refractivity contribution in [3.05, 3.63) is 18.3 Å². The van der Waals surface area contributed by atoms with Gasteiger partial charge < -0.3 is 5.73 Å². The van der Waals surface area contributed by atoms with Gasteiger partial charge >= 0.3 is 0 Å². The van der Waals surface area contributed by atoms with Crippen molar-refractivity contribution in [2.75, 3.05) is 5.73 Å². The van der Waals surface area contributed by atoms with E-state index in [-0.39, 0.29) is 0 Å². The smallest absolute Gasteiger partial charge is 0.150 e. The molecule has 0 aliphatic carbocycles. The van der Waals surface area contributed by atoms with Crippen molar-refractivity contribution in [1.82, 2.24) is 15.4 Å². The van der Waals surface area contributed by atoms with Gasteiger partial charge in [0.2, 0.25) is 0 Å². The highest BCUT2D eigenvalue weighted by Crippen LogP contribution is 1.96. The van der Waals surface area contributed by atoms with Crippen LogP contribution < -0.4 is 5.73 Å². The number of anilines is 1. The molecule has 9 heavy (non-hydrogen) atoms. The fourth-order valence-corrected chi connectivity index (χ4v) is 0.435. The van der Waals surface area contributed by atoms with Crippen molar-refractivity contribution < 1.29 is 0 Å². The van der Waals surface area contributed by atoms with E-state index in [9.17, 15) is 0 Å². The summed E-state index contributed by atoms with van der Waals surface area (Å²) >= 11 is 0. The minimum absolute atomic E-state index is 0.361. The van der Waals surface area contributed by atoms with Crippen LogP contribution in [0.1, 0.15) is 5.69 Å². The summed E-state index contributed by atoms with van der Waals surface area (Å²) in [6.45, 7) is 3.49. The van der Waals surface area contributed by atoms with E-state index in [1.54, 1.807) is 12.1 Å². The third-order valence-corrected chi connectivity index (χ3v) is 0.825. The van der Waals surface area contributed by atoms with Crippen LogP contribution in [0.15, 0.2) is 12.6 Å². The Hall–Kier alpha value is -1.45. The minimum Gasteiger partial charge on any atom is -0.382 e. The van der Waals surface area contributed by atoms with Crippen LogP contribution in [0.3, 0.4) is 0 Å². The first kappa shape index (κ1) is 5.68. The molecule has 46 valence electrons. The van der Waals surface area contributed by atoms with Crippen LogP contribution in [0.4, 0.5) is 5.82 Å². The quantitative estimate of drug-likeness (QED) is 0.573. The van der Waals surface area contributed by atoms with Gasteiger partial charge in [-0.2, -0.15) is 0 Å². The molecule has 0 fully saturated rings. The Bertz CT molecular complexity index is 220. The van der Waals surface area contributed by atoms with E-state index in [0.29, 0.717) is 11.5 Å². The lowest BCUT2D eigenvalue weighted by molar-refractivity contribution is 0.866. The van der Waals surface area contributed by atoms with E-state index < -0.39 is 0 Å². The topological polar surface area (TPSA) is 64.7 Å². The molecule has 0 saturated carbocycles. The number of nitrogens with zero attached hydrogens (tertiary/aromatic N) is 3. The Morgan fingerprint density at radius 1 is 1.56 bits per heavy atom. The van der Waals surface area contributed by atoms with Gasteiger partial charge in [-0.3, -0.25) is 0 Å². The highest BCUT2D eigenvalue weighted by atomic mass is 15.3. The molecule has 0 atom stereocenters. The average molecular weight is 122 g/mol. The third-order valence-electron chi connectivity index (χ3n) is 0.825. The molecule has 4 nitrogen and oxygen atoms in total. The Morgan fingerprint density at radius 2 is 2.33 bits per heavy atom. The van der Waals surface area contributed by atoms with Crippen molar-refractivity contribution in [2.45, 2.75) is 0 Å². The monoisotopic (exact) mass is 122 g/mol. The molecule has 0 saturated heterocycles. The van der Waals surface area contributed by atoms with Gasteiger partial charge in [0.05, 0.1) is 5.69 Å². The van der Waals surface area contributed by atoms with Crippen LogP contribution in [-0.4, -0.2) is 15.4 Å². The zero-order valence-electron chi connectivity index (χ0n) is 4.78. The molecular formula is C5H6N4. The largest absolute Gasteiger partial charge is 0.382 e. The second-order valence-electron chi connectivity index (χ2n) is 1.49. The lowest BCUT2D eigenvalue weighted by Crippen LogP contribution is -1.95. The number of nitrogen functional groups attached to an aromatic ring is 1. The fourth-order valence-electron chi connectivity index (χ4n) is 0.435. The second kappa shape index (κ2) is 2.21. The first-order valence-electron chi connectivity index (χ1n) is 2.41. The van der Waals surface area contributed by atoms with Crippen LogP contribution in [0, 0.1) is 0 Å². The van der Waals surface area contributed by atoms with Crippen molar-refractivity contribution in [3.8, 4) is 0 Å². The second-order valence-corrected chi connectivity index (χ2v) is 1.49. The van der Waals surface area contributed by atoms with Crippen LogP contribution in [0.2, 0.25) is 0 Å². The van der Waals surface area contributed by atoms with Gasteiger partial charge in [-0.15, -0.1) is 10.2 Å². The number of hydrogen-bond donors (Lipinski definition) is 1. The van der Waals surface area contributed by atoms with Crippen LogP contribution in [0.25, 0.3) is 6.08 Å². The van der Waals surface area contributed by atoms with Crippen LogP contribution in [-0.2, 0) is 0 Å². The molecule has 0 aliphatic rings. The molecule has 0 amide bonds. The summed E-state index contributed by atoms with van der Waals surface area (Å²) < 4.78 is 0. The van der Waals surface area contributed by atoms with E-state index in [2.05, 4.69) is 22.0 Å². The Labute approximate surface area is 52.4 Å². The molecule has 1 heterocycles. The highest BCUT2D eigenvalue weighted by Gasteiger charge is 1.88. The van der Waals surface area contributed by atoms with E-state index in [4.69, 9.17) is 5.73 Å². The summed E-state index contributed by atoms with van der Waals surface area (Å²) in [6.07, 6.45) is 1.56. The lowest BCUT2D eigenvalue weighted by Gasteiger charge is -1.88. The standard InChI is InChI=1S/C5H6N4/c1-2-4-3-5(6)8-9-7-4/h2-3H,1H2,(H2,6,7,8). The van der Waals surface area contributed by atoms with Gasteiger partial charge in [0.1, 0.15) is 5.82 Å². The van der Waals surface area contributed by atoms with E-state index in [1.807, 2.05) is 0 Å². The van der Waals surface area contributed by atoms with Gasteiger partial charge in [-0.1, -0.05) is 6.58 Å². The predicted octanol–water partition coefficient (Wildman–Crippen LogP) is 0.0968. The fraction of sp³-hybridized carbons (Fsp3) is 0. The van der Waals surface area contributed by atoms with Gasteiger partial charge in [-0.25, -0.2) is 0 Å². The molecule has 4 heteroatoms. The van der Waals surface area contributed by atoms with Crippen molar-refractivity contribution >= 4 is 11.9 Å². The first-order valence-corrected chi connectivity index (χ1v) is 2.41. The third kappa shape index (κ3) is 1.22. The predicted molar refractivity (Wildman–Crippen MR) is 34.3 cm³/mol. The molecule has 0 bridgehead atoms. The van der Waals surface area contributed by atoms with Gasteiger partial charge in [0.25, 0.3) is 0 Å². The number of nitrogens with two attached hydrogens (primary N) is 1. The molecule has 0 unspecified atom stereocenters. The summed E-state index contributed by atoms with van der Waals surface area (Å²) in [5.74, 6) is 0.361. The summed E-state index contributed by atoms with van der Waals surface area (Å²) in [5.41, 5.74) is 5.91. The maximum Gasteiger partial charge on any atom is 0.150 e. The summed E-state index contributed by atoms with van der Waals surface area (Å²) in [5, 5.41) is 10.4. The molecule has 1 rings (SSSR count). The normalized spacial score (nSPS) is 8.89. The van der Waals surface area contributed by atoms with Crippen molar-refractivity contribution in [2.24, 2.45) is 0 Å². The average Bonchev–Trinajstić information content (AvgIpc) is 1.88. The minimum atomic E-state index is 0.361. The van der Waals surface area contributed by atoms with Gasteiger partial charge in [0.15, 0.2) is 0 Å².